The van der Waals surface area contributed by atoms with E-state index in [2.05, 4.69) is 205 Å². The molecule has 0 aliphatic rings. The first-order valence-corrected chi connectivity index (χ1v) is 19.2. The van der Waals surface area contributed by atoms with Gasteiger partial charge in [0.2, 0.25) is 0 Å². The summed E-state index contributed by atoms with van der Waals surface area (Å²) in [5, 5.41) is 9.92. The van der Waals surface area contributed by atoms with E-state index in [4.69, 9.17) is 4.42 Å². The van der Waals surface area contributed by atoms with Crippen LogP contribution in [-0.2, 0) is 0 Å². The van der Waals surface area contributed by atoms with Gasteiger partial charge in [-0.25, -0.2) is 0 Å². The molecule has 0 saturated heterocycles. The van der Waals surface area contributed by atoms with E-state index < -0.39 is 0 Å². The number of furan rings is 1. The summed E-state index contributed by atoms with van der Waals surface area (Å²) in [4.78, 5) is 2.38. The molecule has 262 valence electrons. The molecule has 1 heterocycles. The third kappa shape index (κ3) is 5.42. The lowest BCUT2D eigenvalue weighted by molar-refractivity contribution is 0.669. The van der Waals surface area contributed by atoms with Gasteiger partial charge in [0.05, 0.1) is 5.69 Å². The van der Waals surface area contributed by atoms with Crippen LogP contribution in [0, 0.1) is 0 Å². The van der Waals surface area contributed by atoms with Crippen molar-refractivity contribution in [1.82, 2.24) is 0 Å². The normalized spacial score (nSPS) is 11.6. The summed E-state index contributed by atoms with van der Waals surface area (Å²) in [5.74, 6) is 0. The zero-order valence-electron chi connectivity index (χ0n) is 30.6. The molecule has 0 N–H and O–H groups in total. The van der Waals surface area contributed by atoms with Gasteiger partial charge in [-0.15, -0.1) is 0 Å². The van der Waals surface area contributed by atoms with E-state index in [0.717, 1.165) is 50.1 Å². The van der Waals surface area contributed by atoms with E-state index in [0.29, 0.717) is 0 Å². The van der Waals surface area contributed by atoms with Crippen molar-refractivity contribution in [2.75, 3.05) is 4.90 Å². The molecule has 11 aromatic rings. The van der Waals surface area contributed by atoms with Crippen molar-refractivity contribution in [3.8, 4) is 33.4 Å². The number of nitrogens with zero attached hydrogens (tertiary/aromatic N) is 1. The molecule has 0 spiro atoms. The maximum Gasteiger partial charge on any atom is 0.135 e. The molecule has 11 rings (SSSR count). The molecule has 2 nitrogen and oxygen atoms in total. The summed E-state index contributed by atoms with van der Waals surface area (Å²) in [6.07, 6.45) is 0. The van der Waals surface area contributed by atoms with Crippen molar-refractivity contribution in [1.29, 1.82) is 0 Å². The molecule has 0 radical (unpaired) electrons. The second-order valence-corrected chi connectivity index (χ2v) is 14.5. The SMILES string of the molecule is c1ccc(-c2ccccc2N(c2ccc(-c3ccc4oc5ccccc5c4c3)cc2)c2ccc(-c3ccc4ccc5ccc6ccccc6c5c4c3)cc2)cc1. The summed E-state index contributed by atoms with van der Waals surface area (Å²) in [6.45, 7) is 0. The summed E-state index contributed by atoms with van der Waals surface area (Å²) in [7, 11) is 0. The lowest BCUT2D eigenvalue weighted by Gasteiger charge is -2.28. The first kappa shape index (κ1) is 32.0. The molecule has 0 bridgehead atoms. The van der Waals surface area contributed by atoms with Crippen LogP contribution in [0.3, 0.4) is 0 Å². The van der Waals surface area contributed by atoms with Crippen molar-refractivity contribution in [3.05, 3.63) is 212 Å². The highest BCUT2D eigenvalue weighted by Crippen LogP contribution is 2.43. The Bertz CT molecular complexity index is 3230. The third-order valence-corrected chi connectivity index (χ3v) is 11.3. The van der Waals surface area contributed by atoms with Crippen LogP contribution in [0.25, 0.3) is 87.6 Å². The number of hydrogen-bond acceptors (Lipinski definition) is 2. The van der Waals surface area contributed by atoms with Crippen molar-refractivity contribution in [2.45, 2.75) is 0 Å². The van der Waals surface area contributed by atoms with Gasteiger partial charge in [-0.05, 0) is 115 Å². The highest BCUT2D eigenvalue weighted by molar-refractivity contribution is 6.20. The van der Waals surface area contributed by atoms with Crippen LogP contribution in [0.2, 0.25) is 0 Å². The van der Waals surface area contributed by atoms with Gasteiger partial charge in [0.1, 0.15) is 11.2 Å². The Morgan fingerprint density at radius 3 is 1.57 bits per heavy atom. The fourth-order valence-electron chi connectivity index (χ4n) is 8.47. The van der Waals surface area contributed by atoms with E-state index in [1.807, 2.05) is 12.1 Å². The third-order valence-electron chi connectivity index (χ3n) is 11.3. The average molecular weight is 714 g/mol. The minimum absolute atomic E-state index is 0.907. The Labute approximate surface area is 325 Å². The minimum Gasteiger partial charge on any atom is -0.456 e. The summed E-state index contributed by atoms with van der Waals surface area (Å²) >= 11 is 0. The minimum atomic E-state index is 0.907. The zero-order valence-corrected chi connectivity index (χ0v) is 30.6. The van der Waals surface area contributed by atoms with Crippen molar-refractivity contribution < 1.29 is 4.42 Å². The van der Waals surface area contributed by atoms with Crippen LogP contribution in [0.4, 0.5) is 17.1 Å². The van der Waals surface area contributed by atoms with Gasteiger partial charge >= 0.3 is 0 Å². The smallest absolute Gasteiger partial charge is 0.135 e. The molecule has 56 heavy (non-hydrogen) atoms. The fraction of sp³-hybridized carbons (Fsp3) is 0. The number of rotatable bonds is 6. The van der Waals surface area contributed by atoms with Gasteiger partial charge in [0.25, 0.3) is 0 Å². The van der Waals surface area contributed by atoms with Crippen LogP contribution in [0.1, 0.15) is 0 Å². The molecule has 0 fully saturated rings. The van der Waals surface area contributed by atoms with Crippen LogP contribution in [0.15, 0.2) is 217 Å². The Morgan fingerprint density at radius 1 is 0.304 bits per heavy atom. The van der Waals surface area contributed by atoms with Crippen molar-refractivity contribution >= 4 is 71.3 Å². The van der Waals surface area contributed by atoms with E-state index in [-0.39, 0.29) is 0 Å². The maximum absolute atomic E-state index is 6.12. The molecule has 10 aromatic carbocycles. The molecule has 0 amide bonds. The molecule has 1 aromatic heterocycles. The maximum atomic E-state index is 6.12. The van der Waals surface area contributed by atoms with Gasteiger partial charge in [-0.1, -0.05) is 158 Å². The zero-order chi connectivity index (χ0) is 37.0. The number of anilines is 3. The fourth-order valence-corrected chi connectivity index (χ4v) is 8.47. The predicted molar refractivity (Wildman–Crippen MR) is 237 cm³/mol. The average Bonchev–Trinajstić information content (AvgIpc) is 3.65. The molecule has 0 aliphatic heterocycles. The monoisotopic (exact) mass is 713 g/mol. The summed E-state index contributed by atoms with van der Waals surface area (Å²) < 4.78 is 6.12. The lowest BCUT2D eigenvalue weighted by Crippen LogP contribution is -2.11. The van der Waals surface area contributed by atoms with Crippen molar-refractivity contribution in [2.24, 2.45) is 0 Å². The summed E-state index contributed by atoms with van der Waals surface area (Å²) in [6, 6.07) is 76.6. The number of benzene rings is 10. The van der Waals surface area contributed by atoms with Crippen LogP contribution in [0.5, 0.6) is 0 Å². The number of hydrogen-bond donors (Lipinski definition) is 0. The molecular formula is C54H35NO. The molecule has 0 atom stereocenters. The molecule has 2 heteroatoms. The first-order valence-electron chi connectivity index (χ1n) is 19.2. The Balaban J connectivity index is 1.01. The molecular weight excluding hydrogens is 679 g/mol. The van der Waals surface area contributed by atoms with E-state index in [1.165, 1.54) is 54.6 Å². The molecule has 0 saturated carbocycles. The largest absolute Gasteiger partial charge is 0.456 e. The van der Waals surface area contributed by atoms with E-state index in [1.54, 1.807) is 0 Å². The highest BCUT2D eigenvalue weighted by atomic mass is 16.3. The van der Waals surface area contributed by atoms with Gasteiger partial charge in [-0.2, -0.15) is 0 Å². The van der Waals surface area contributed by atoms with Crippen LogP contribution < -0.4 is 4.90 Å². The molecule has 0 aliphatic carbocycles. The predicted octanol–water partition coefficient (Wildman–Crippen LogP) is 15.5. The Morgan fingerprint density at radius 2 is 0.821 bits per heavy atom. The standard InChI is InChI=1S/C54H35NO/c1-2-10-38(11-3-1)46-13-6-8-16-51(46)55(45-31-26-37(27-32-45)43-28-33-53-50(35-43)48-15-7-9-17-52(48)56-53)44-29-24-36(25-30-44)42-23-20-40-19-22-41-21-18-39-12-4-5-14-47(39)54(41)49(40)34-42/h1-35H. The van der Waals surface area contributed by atoms with Gasteiger partial charge < -0.3 is 9.32 Å². The van der Waals surface area contributed by atoms with Gasteiger partial charge in [0, 0.05) is 27.7 Å². The van der Waals surface area contributed by atoms with Gasteiger partial charge in [-0.3, -0.25) is 0 Å². The van der Waals surface area contributed by atoms with Crippen LogP contribution in [-0.4, -0.2) is 0 Å². The second-order valence-electron chi connectivity index (χ2n) is 14.5. The number of fused-ring (bicyclic) bond motifs is 8. The molecule has 0 unspecified atom stereocenters. The van der Waals surface area contributed by atoms with E-state index >= 15 is 0 Å². The topological polar surface area (TPSA) is 16.4 Å². The quantitative estimate of drug-likeness (QED) is 0.160. The van der Waals surface area contributed by atoms with Gasteiger partial charge in [0.15, 0.2) is 0 Å². The van der Waals surface area contributed by atoms with Crippen LogP contribution >= 0.6 is 0 Å². The first-order chi connectivity index (χ1) is 27.7. The highest BCUT2D eigenvalue weighted by Gasteiger charge is 2.18. The lowest BCUT2D eigenvalue weighted by atomic mass is 9.94. The Hall–Kier alpha value is -7.42. The van der Waals surface area contributed by atoms with Crippen molar-refractivity contribution in [3.63, 3.8) is 0 Å². The Kier molecular flexibility index (Phi) is 7.53. The number of para-hydroxylation sites is 2. The van der Waals surface area contributed by atoms with E-state index in [9.17, 15) is 0 Å². The summed E-state index contributed by atoms with van der Waals surface area (Å²) in [5.41, 5.74) is 12.2. The second kappa shape index (κ2) is 13.2.